The van der Waals surface area contributed by atoms with Crippen LogP contribution < -0.4 is 5.32 Å². The Morgan fingerprint density at radius 1 is 1.08 bits per heavy atom. The minimum absolute atomic E-state index is 0.0945. The Morgan fingerprint density at radius 2 is 1.71 bits per heavy atom. The van der Waals surface area contributed by atoms with Crippen LogP contribution in [-0.4, -0.2) is 18.0 Å². The fourth-order valence-corrected chi connectivity index (χ4v) is 2.11. The molecule has 0 aliphatic carbocycles. The Morgan fingerprint density at radius 3 is 2.29 bits per heavy atom. The Hall–Kier alpha value is -2.35. The van der Waals surface area contributed by atoms with Gasteiger partial charge in [-0.2, -0.15) is 0 Å². The van der Waals surface area contributed by atoms with Gasteiger partial charge in [0.1, 0.15) is 17.5 Å². The second-order valence-corrected chi connectivity index (χ2v) is 5.73. The number of carbonyl (C=O) groups is 2. The smallest absolute Gasteiger partial charge is 0.339 e. The van der Waals surface area contributed by atoms with Crippen LogP contribution in [0.1, 0.15) is 17.3 Å². The molecule has 0 heterocycles. The molecule has 0 aromatic heterocycles. The summed E-state index contributed by atoms with van der Waals surface area (Å²) in [4.78, 5) is 23.7. The van der Waals surface area contributed by atoms with Crippen LogP contribution in [0.15, 0.2) is 40.9 Å². The molecule has 2 aromatic carbocycles. The minimum Gasteiger partial charge on any atom is -0.449 e. The van der Waals surface area contributed by atoms with Gasteiger partial charge >= 0.3 is 5.97 Å². The van der Waals surface area contributed by atoms with E-state index in [2.05, 4.69) is 21.2 Å². The summed E-state index contributed by atoms with van der Waals surface area (Å²) in [6.45, 7) is 1.25. The molecule has 1 atom stereocenters. The highest BCUT2D eigenvalue weighted by Gasteiger charge is 2.21. The largest absolute Gasteiger partial charge is 0.449 e. The molecule has 2 aromatic rings. The minimum atomic E-state index is -1.30. The van der Waals surface area contributed by atoms with E-state index in [0.717, 1.165) is 18.2 Å². The van der Waals surface area contributed by atoms with Crippen LogP contribution in [-0.2, 0) is 9.53 Å². The first-order valence-electron chi connectivity index (χ1n) is 6.69. The summed E-state index contributed by atoms with van der Waals surface area (Å²) in [6, 6.07) is 6.17. The van der Waals surface area contributed by atoms with Crippen molar-refractivity contribution in [2.75, 3.05) is 5.32 Å². The lowest BCUT2D eigenvalue weighted by molar-refractivity contribution is -0.123. The van der Waals surface area contributed by atoms with Crippen molar-refractivity contribution < 1.29 is 27.5 Å². The molecule has 0 saturated carbocycles. The van der Waals surface area contributed by atoms with Crippen molar-refractivity contribution in [1.82, 2.24) is 0 Å². The van der Waals surface area contributed by atoms with Gasteiger partial charge in [0.15, 0.2) is 6.10 Å². The molecule has 1 amide bonds. The van der Waals surface area contributed by atoms with E-state index in [-0.39, 0.29) is 11.3 Å². The van der Waals surface area contributed by atoms with E-state index in [4.69, 9.17) is 4.74 Å². The summed E-state index contributed by atoms with van der Waals surface area (Å²) in [6.07, 6.45) is -1.30. The first-order chi connectivity index (χ1) is 11.3. The Labute approximate surface area is 143 Å². The molecule has 4 nitrogen and oxygen atoms in total. The van der Waals surface area contributed by atoms with Gasteiger partial charge in [-0.3, -0.25) is 4.79 Å². The summed E-state index contributed by atoms with van der Waals surface area (Å²) in [5, 5.41) is 2.26. The zero-order chi connectivity index (χ0) is 17.9. The van der Waals surface area contributed by atoms with Gasteiger partial charge in [0, 0.05) is 10.5 Å². The molecule has 126 valence electrons. The third-order valence-electron chi connectivity index (χ3n) is 2.94. The number of anilines is 1. The summed E-state index contributed by atoms with van der Waals surface area (Å²) < 4.78 is 45.1. The van der Waals surface area contributed by atoms with Crippen LogP contribution >= 0.6 is 15.9 Å². The zero-order valence-electron chi connectivity index (χ0n) is 12.3. The molecule has 8 heteroatoms. The summed E-state index contributed by atoms with van der Waals surface area (Å²) in [7, 11) is 0. The Balaban J connectivity index is 2.04. The fraction of sp³-hybridized carbons (Fsp3) is 0.125. The van der Waals surface area contributed by atoms with Gasteiger partial charge in [-0.1, -0.05) is 15.9 Å². The molecule has 0 aliphatic heterocycles. The first kappa shape index (κ1) is 18.0. The van der Waals surface area contributed by atoms with E-state index >= 15 is 0 Å². The second kappa shape index (κ2) is 7.48. The molecular formula is C16H11BrF3NO3. The average molecular weight is 402 g/mol. The lowest BCUT2D eigenvalue weighted by Crippen LogP contribution is -2.30. The van der Waals surface area contributed by atoms with E-state index in [9.17, 15) is 22.8 Å². The number of amides is 1. The molecule has 0 spiro atoms. The Bertz CT molecular complexity index is 778. The number of benzene rings is 2. The number of esters is 1. The molecular weight excluding hydrogens is 391 g/mol. The molecule has 0 saturated heterocycles. The van der Waals surface area contributed by atoms with Crippen molar-refractivity contribution in [1.29, 1.82) is 0 Å². The van der Waals surface area contributed by atoms with Crippen molar-refractivity contribution in [2.45, 2.75) is 13.0 Å². The van der Waals surface area contributed by atoms with E-state index < -0.39 is 35.4 Å². The topological polar surface area (TPSA) is 55.4 Å². The van der Waals surface area contributed by atoms with Crippen LogP contribution in [0.25, 0.3) is 0 Å². The molecule has 0 radical (unpaired) electrons. The standard InChI is InChI=1S/C16H11BrF3NO3/c1-8(15(22)21-14-3-2-10(17)6-13(14)20)24-16(23)9-4-11(18)7-12(19)5-9/h2-8H,1H3,(H,21,22)/t8-/m1/s1. The molecule has 1 N–H and O–H groups in total. The van der Waals surface area contributed by atoms with Crippen LogP contribution in [0, 0.1) is 17.5 Å². The van der Waals surface area contributed by atoms with Crippen molar-refractivity contribution >= 4 is 33.5 Å². The second-order valence-electron chi connectivity index (χ2n) is 4.82. The highest BCUT2D eigenvalue weighted by Crippen LogP contribution is 2.20. The first-order valence-corrected chi connectivity index (χ1v) is 7.48. The van der Waals surface area contributed by atoms with E-state index in [1.807, 2.05) is 0 Å². The number of hydrogen-bond donors (Lipinski definition) is 1. The average Bonchev–Trinajstić information content (AvgIpc) is 2.48. The number of rotatable bonds is 4. The van der Waals surface area contributed by atoms with Crippen LogP contribution in [0.2, 0.25) is 0 Å². The summed E-state index contributed by atoms with van der Waals surface area (Å²) >= 11 is 3.08. The SMILES string of the molecule is C[C@@H](OC(=O)c1cc(F)cc(F)c1)C(=O)Nc1ccc(Br)cc1F. The van der Waals surface area contributed by atoms with Crippen molar-refractivity contribution in [3.8, 4) is 0 Å². The predicted molar refractivity (Wildman–Crippen MR) is 84.0 cm³/mol. The zero-order valence-corrected chi connectivity index (χ0v) is 13.9. The van der Waals surface area contributed by atoms with E-state index in [1.165, 1.54) is 19.1 Å². The highest BCUT2D eigenvalue weighted by atomic mass is 79.9. The van der Waals surface area contributed by atoms with Gasteiger partial charge in [-0.05, 0) is 37.3 Å². The van der Waals surface area contributed by atoms with Crippen LogP contribution in [0.3, 0.4) is 0 Å². The van der Waals surface area contributed by atoms with E-state index in [0.29, 0.717) is 10.5 Å². The number of hydrogen-bond acceptors (Lipinski definition) is 3. The van der Waals surface area contributed by atoms with Crippen molar-refractivity contribution in [2.24, 2.45) is 0 Å². The fourth-order valence-electron chi connectivity index (χ4n) is 1.78. The molecule has 0 aliphatic rings. The van der Waals surface area contributed by atoms with Crippen molar-refractivity contribution in [3.05, 3.63) is 63.9 Å². The maximum atomic E-state index is 13.7. The van der Waals surface area contributed by atoms with Crippen LogP contribution in [0.4, 0.5) is 18.9 Å². The number of halogens is 4. The van der Waals surface area contributed by atoms with Gasteiger partial charge < -0.3 is 10.1 Å². The normalized spacial score (nSPS) is 11.7. The summed E-state index contributed by atoms with van der Waals surface area (Å²) in [5.41, 5.74) is -0.468. The third kappa shape index (κ3) is 4.58. The maximum absolute atomic E-state index is 13.7. The van der Waals surface area contributed by atoms with Gasteiger partial charge in [0.2, 0.25) is 0 Å². The molecule has 0 bridgehead atoms. The third-order valence-corrected chi connectivity index (χ3v) is 3.43. The summed E-state index contributed by atoms with van der Waals surface area (Å²) in [5.74, 6) is -4.44. The molecule has 0 fully saturated rings. The number of nitrogens with one attached hydrogen (secondary N) is 1. The molecule has 2 rings (SSSR count). The van der Waals surface area contributed by atoms with Gasteiger partial charge in [-0.15, -0.1) is 0 Å². The van der Waals surface area contributed by atoms with Gasteiger partial charge in [-0.25, -0.2) is 18.0 Å². The maximum Gasteiger partial charge on any atom is 0.339 e. The lowest BCUT2D eigenvalue weighted by atomic mass is 10.2. The highest BCUT2D eigenvalue weighted by molar-refractivity contribution is 9.10. The van der Waals surface area contributed by atoms with Crippen LogP contribution in [0.5, 0.6) is 0 Å². The van der Waals surface area contributed by atoms with Crippen molar-refractivity contribution in [3.63, 3.8) is 0 Å². The molecule has 24 heavy (non-hydrogen) atoms. The monoisotopic (exact) mass is 401 g/mol. The quantitative estimate of drug-likeness (QED) is 0.786. The lowest BCUT2D eigenvalue weighted by Gasteiger charge is -2.14. The molecule has 0 unspecified atom stereocenters. The van der Waals surface area contributed by atoms with Gasteiger partial charge in [0.05, 0.1) is 11.3 Å². The number of carbonyl (C=O) groups excluding carboxylic acids is 2. The predicted octanol–water partition coefficient (Wildman–Crippen LogP) is 4.05. The van der Waals surface area contributed by atoms with E-state index in [1.54, 1.807) is 0 Å². The number of ether oxygens (including phenoxy) is 1. The Kier molecular flexibility index (Phi) is 5.61. The van der Waals surface area contributed by atoms with Gasteiger partial charge in [0.25, 0.3) is 5.91 Å².